The number of hydrogen-bond acceptors (Lipinski definition) is 7. The Hall–Kier alpha value is -2.16. The van der Waals surface area contributed by atoms with Gasteiger partial charge in [-0.05, 0) is 17.7 Å². The van der Waals surface area contributed by atoms with E-state index in [9.17, 15) is 20.4 Å². The Balaban J connectivity index is 2.49. The molecule has 0 saturated carbocycles. The Bertz CT molecular complexity index is 492. The maximum Gasteiger partial charge on any atom is 0.119 e. The van der Waals surface area contributed by atoms with Crippen LogP contribution in [0, 0.1) is 0 Å². The lowest BCUT2D eigenvalue weighted by Gasteiger charge is -2.23. The van der Waals surface area contributed by atoms with Gasteiger partial charge in [0.1, 0.15) is 18.3 Å². The molecular formula is C12H17N5O4. The zero-order chi connectivity index (χ0) is 15.7. The van der Waals surface area contributed by atoms with Gasteiger partial charge in [-0.2, -0.15) is 5.10 Å². The standard InChI is InChI=1S/C12H17N5O4/c13-17-15-7-10(19)12(21)11(20)9(18)6-14-16-8-4-2-1-3-5-8/h1-6,9-12,16,18-21H,7H2. The van der Waals surface area contributed by atoms with Crippen molar-refractivity contribution in [2.45, 2.75) is 24.4 Å². The van der Waals surface area contributed by atoms with Crippen molar-refractivity contribution in [3.8, 4) is 0 Å². The minimum absolute atomic E-state index is 0.416. The molecule has 1 rings (SSSR count). The van der Waals surface area contributed by atoms with E-state index in [1.54, 1.807) is 24.3 Å². The first-order valence-corrected chi connectivity index (χ1v) is 6.13. The van der Waals surface area contributed by atoms with E-state index in [0.717, 1.165) is 6.21 Å². The van der Waals surface area contributed by atoms with Crippen molar-refractivity contribution < 1.29 is 20.4 Å². The van der Waals surface area contributed by atoms with Crippen molar-refractivity contribution >= 4 is 11.9 Å². The van der Waals surface area contributed by atoms with Crippen molar-refractivity contribution in [3.63, 3.8) is 0 Å². The van der Waals surface area contributed by atoms with Crippen molar-refractivity contribution in [2.75, 3.05) is 12.0 Å². The summed E-state index contributed by atoms with van der Waals surface area (Å²) < 4.78 is 0. The highest BCUT2D eigenvalue weighted by Crippen LogP contribution is 2.06. The number of nitrogens with zero attached hydrogens (tertiary/aromatic N) is 4. The lowest BCUT2D eigenvalue weighted by atomic mass is 10.0. The molecule has 9 heteroatoms. The molecule has 5 N–H and O–H groups in total. The minimum Gasteiger partial charge on any atom is -0.390 e. The lowest BCUT2D eigenvalue weighted by molar-refractivity contribution is -0.0845. The van der Waals surface area contributed by atoms with Gasteiger partial charge in [0.25, 0.3) is 0 Å². The van der Waals surface area contributed by atoms with Crippen molar-refractivity contribution in [3.05, 3.63) is 40.8 Å². The Labute approximate surface area is 120 Å². The summed E-state index contributed by atoms with van der Waals surface area (Å²) in [5.41, 5.74) is 11.4. The van der Waals surface area contributed by atoms with Gasteiger partial charge in [-0.15, -0.1) is 0 Å². The van der Waals surface area contributed by atoms with E-state index in [-0.39, 0.29) is 0 Å². The van der Waals surface area contributed by atoms with Crippen LogP contribution in [0.15, 0.2) is 40.5 Å². The van der Waals surface area contributed by atoms with Crippen LogP contribution in [0.1, 0.15) is 0 Å². The number of hydrazone groups is 1. The lowest BCUT2D eigenvalue weighted by Crippen LogP contribution is -2.46. The molecule has 21 heavy (non-hydrogen) atoms. The van der Waals surface area contributed by atoms with Crippen LogP contribution in [-0.4, -0.2) is 57.6 Å². The van der Waals surface area contributed by atoms with Crippen molar-refractivity contribution in [2.24, 2.45) is 10.2 Å². The third-order valence-corrected chi connectivity index (χ3v) is 2.62. The zero-order valence-electron chi connectivity index (χ0n) is 11.1. The average molecular weight is 295 g/mol. The smallest absolute Gasteiger partial charge is 0.119 e. The molecule has 4 atom stereocenters. The van der Waals surface area contributed by atoms with Crippen LogP contribution in [0.3, 0.4) is 0 Å². The molecule has 114 valence electrons. The summed E-state index contributed by atoms with van der Waals surface area (Å²) in [7, 11) is 0. The summed E-state index contributed by atoms with van der Waals surface area (Å²) >= 11 is 0. The highest BCUT2D eigenvalue weighted by Gasteiger charge is 2.29. The molecule has 4 unspecified atom stereocenters. The summed E-state index contributed by atoms with van der Waals surface area (Å²) in [5.74, 6) is 0. The van der Waals surface area contributed by atoms with Crippen LogP contribution in [-0.2, 0) is 0 Å². The first-order chi connectivity index (χ1) is 10.1. The van der Waals surface area contributed by atoms with Gasteiger partial charge in [0, 0.05) is 4.91 Å². The van der Waals surface area contributed by atoms with Gasteiger partial charge >= 0.3 is 0 Å². The average Bonchev–Trinajstić information content (AvgIpc) is 2.52. The summed E-state index contributed by atoms with van der Waals surface area (Å²) in [5, 5.41) is 45.0. The van der Waals surface area contributed by atoms with E-state index in [1.807, 2.05) is 6.07 Å². The highest BCUT2D eigenvalue weighted by molar-refractivity contribution is 5.65. The number of rotatable bonds is 8. The van der Waals surface area contributed by atoms with Gasteiger partial charge in [-0.1, -0.05) is 23.3 Å². The van der Waals surface area contributed by atoms with Gasteiger partial charge in [0.15, 0.2) is 0 Å². The van der Waals surface area contributed by atoms with Crippen LogP contribution in [0.2, 0.25) is 0 Å². The molecule has 0 amide bonds. The fourth-order valence-electron chi connectivity index (χ4n) is 1.45. The number of aliphatic hydroxyl groups excluding tert-OH is 4. The molecule has 0 fully saturated rings. The molecule has 0 spiro atoms. The Morgan fingerprint density at radius 1 is 1.14 bits per heavy atom. The normalized spacial score (nSPS) is 16.8. The highest BCUT2D eigenvalue weighted by atomic mass is 16.4. The van der Waals surface area contributed by atoms with Gasteiger partial charge < -0.3 is 20.4 Å². The molecule has 0 heterocycles. The Morgan fingerprint density at radius 2 is 1.81 bits per heavy atom. The van der Waals surface area contributed by atoms with Crippen molar-refractivity contribution in [1.29, 1.82) is 0 Å². The fourth-order valence-corrected chi connectivity index (χ4v) is 1.45. The molecule has 9 nitrogen and oxygen atoms in total. The van der Waals surface area contributed by atoms with Crippen molar-refractivity contribution in [1.82, 2.24) is 0 Å². The first kappa shape index (κ1) is 16.9. The third kappa shape index (κ3) is 5.78. The second-order valence-corrected chi connectivity index (χ2v) is 4.21. The number of aliphatic hydroxyl groups is 4. The van der Waals surface area contributed by atoms with E-state index in [1.165, 1.54) is 0 Å². The number of benzene rings is 1. The van der Waals surface area contributed by atoms with Crippen LogP contribution in [0.25, 0.3) is 10.4 Å². The van der Waals surface area contributed by atoms with Gasteiger partial charge in [0.05, 0.1) is 24.6 Å². The van der Waals surface area contributed by atoms with Crippen LogP contribution >= 0.6 is 0 Å². The molecule has 0 aromatic heterocycles. The number of azide groups is 1. The molecule has 0 radical (unpaired) electrons. The topological polar surface area (TPSA) is 154 Å². The van der Waals surface area contributed by atoms with E-state index < -0.39 is 31.0 Å². The zero-order valence-corrected chi connectivity index (χ0v) is 11.1. The number of anilines is 1. The SMILES string of the molecule is [N-]=[N+]=NCC(O)C(O)C(O)C(O)C=NNc1ccccc1. The summed E-state index contributed by atoms with van der Waals surface area (Å²) in [6, 6.07) is 8.91. The molecule has 0 aliphatic rings. The molecule has 0 bridgehead atoms. The first-order valence-electron chi connectivity index (χ1n) is 6.13. The van der Waals surface area contributed by atoms with E-state index in [2.05, 4.69) is 20.6 Å². The molecule has 0 saturated heterocycles. The largest absolute Gasteiger partial charge is 0.390 e. The van der Waals surface area contributed by atoms with Gasteiger partial charge in [0.2, 0.25) is 0 Å². The van der Waals surface area contributed by atoms with Crippen LogP contribution in [0.4, 0.5) is 5.69 Å². The van der Waals surface area contributed by atoms with Gasteiger partial charge in [-0.3, -0.25) is 5.43 Å². The molecule has 1 aromatic carbocycles. The third-order valence-electron chi connectivity index (χ3n) is 2.62. The second kappa shape index (κ2) is 8.90. The van der Waals surface area contributed by atoms with Crippen LogP contribution < -0.4 is 5.43 Å². The van der Waals surface area contributed by atoms with Gasteiger partial charge in [-0.25, -0.2) is 0 Å². The number of hydrogen-bond donors (Lipinski definition) is 5. The maximum atomic E-state index is 9.64. The Morgan fingerprint density at radius 3 is 2.43 bits per heavy atom. The number of para-hydroxylation sites is 1. The van der Waals surface area contributed by atoms with E-state index in [4.69, 9.17) is 5.53 Å². The fraction of sp³-hybridized carbons (Fsp3) is 0.417. The Kier molecular flexibility index (Phi) is 7.16. The molecule has 1 aromatic rings. The van der Waals surface area contributed by atoms with E-state index in [0.29, 0.717) is 5.69 Å². The predicted molar refractivity (Wildman–Crippen MR) is 76.6 cm³/mol. The quantitative estimate of drug-likeness (QED) is 0.148. The predicted octanol–water partition coefficient (Wildman–Crippen LogP) is -0.162. The molecule has 0 aliphatic heterocycles. The number of nitrogens with one attached hydrogen (secondary N) is 1. The maximum absolute atomic E-state index is 9.64. The van der Waals surface area contributed by atoms with Crippen LogP contribution in [0.5, 0.6) is 0 Å². The minimum atomic E-state index is -1.67. The summed E-state index contributed by atoms with van der Waals surface area (Å²) in [6.45, 7) is -0.416. The summed E-state index contributed by atoms with van der Waals surface area (Å²) in [4.78, 5) is 2.42. The van der Waals surface area contributed by atoms with E-state index >= 15 is 0 Å². The summed E-state index contributed by atoms with van der Waals surface area (Å²) in [6.07, 6.45) is -5.34. The second-order valence-electron chi connectivity index (χ2n) is 4.21. The molecule has 0 aliphatic carbocycles. The molecular weight excluding hydrogens is 278 g/mol. The monoisotopic (exact) mass is 295 g/mol.